The molecule has 0 aliphatic rings. The second-order valence-electron chi connectivity index (χ2n) is 2.61. The Hall–Kier alpha value is 1.40. The van der Waals surface area contributed by atoms with Gasteiger partial charge in [-0.15, -0.1) is 50.9 Å². The van der Waals surface area contributed by atoms with E-state index in [1.807, 2.05) is 0 Å². The molecule has 80 valence electrons. The van der Waals surface area contributed by atoms with Gasteiger partial charge in [-0.1, -0.05) is 0 Å². The first kappa shape index (κ1) is 23.3. The van der Waals surface area contributed by atoms with Crippen molar-refractivity contribution in [3.05, 3.63) is 0 Å². The van der Waals surface area contributed by atoms with Crippen molar-refractivity contribution in [2.75, 3.05) is 26.2 Å². The van der Waals surface area contributed by atoms with Gasteiger partial charge in [0, 0.05) is 0 Å². The van der Waals surface area contributed by atoms with E-state index >= 15 is 0 Å². The zero-order valence-corrected chi connectivity index (χ0v) is 13.6. The van der Waals surface area contributed by atoms with Gasteiger partial charge in [0.1, 0.15) is 0 Å². The monoisotopic (exact) mass is 370 g/mol. The molecular weight excluding hydrogens is 350 g/mol. The number of hydrogen-bond acceptors (Lipinski definition) is 0. The van der Waals surface area contributed by atoms with Gasteiger partial charge < -0.3 is 4.48 Å². The molecule has 0 aliphatic carbocycles. The Kier molecular flexibility index (Phi) is 24.1. The molecule has 4 heteroatoms. The summed E-state index contributed by atoms with van der Waals surface area (Å²) in [6.07, 6.45) is 0. The molecule has 0 unspecified atom stereocenters. The van der Waals surface area contributed by atoms with E-state index in [0.717, 1.165) is 0 Å². The summed E-state index contributed by atoms with van der Waals surface area (Å²) < 4.78 is 1.28. The zero-order chi connectivity index (χ0) is 7.33. The zero-order valence-electron chi connectivity index (χ0n) is 8.50. The molecule has 0 fully saturated rings. The van der Waals surface area contributed by atoms with Crippen molar-refractivity contribution in [3.8, 4) is 0 Å². The molecule has 12 heavy (non-hydrogen) atoms. The number of hydrogen-bond donors (Lipinski definition) is 0. The number of quaternary nitrogens is 1. The Morgan fingerprint density at radius 2 is 0.750 bits per heavy atom. The van der Waals surface area contributed by atoms with Crippen LogP contribution in [-0.4, -0.2) is 30.7 Å². The van der Waals surface area contributed by atoms with E-state index in [-0.39, 0.29) is 50.9 Å². The topological polar surface area (TPSA) is 0 Å². The lowest BCUT2D eigenvalue weighted by atomic mass is 10.3. The lowest BCUT2D eigenvalue weighted by molar-refractivity contribution is -0.921. The molecule has 0 N–H and O–H groups in total. The third-order valence-electron chi connectivity index (χ3n) is 2.68. The highest BCUT2D eigenvalue weighted by Crippen LogP contribution is 2.03. The van der Waals surface area contributed by atoms with Crippen LogP contribution in [0.15, 0.2) is 0 Å². The van der Waals surface area contributed by atoms with Gasteiger partial charge in [0.15, 0.2) is 0 Å². The van der Waals surface area contributed by atoms with Gasteiger partial charge in [0.05, 0.1) is 26.2 Å². The van der Waals surface area contributed by atoms with Crippen molar-refractivity contribution in [2.24, 2.45) is 0 Å². The second-order valence-corrected chi connectivity index (χ2v) is 2.61. The van der Waals surface area contributed by atoms with Crippen LogP contribution in [0.25, 0.3) is 0 Å². The molecule has 0 aromatic rings. The largest absolute Gasteiger partial charge is 0.325 e. The summed E-state index contributed by atoms with van der Waals surface area (Å²) in [5.41, 5.74) is 0. The number of halogens is 3. The second kappa shape index (κ2) is 12.4. The normalized spacial score (nSPS) is 9.00. The van der Waals surface area contributed by atoms with E-state index in [0.29, 0.717) is 0 Å². The van der Waals surface area contributed by atoms with Crippen molar-refractivity contribution in [1.29, 1.82) is 0 Å². The summed E-state index contributed by atoms with van der Waals surface area (Å²) in [6, 6.07) is 0. The quantitative estimate of drug-likeness (QED) is 0.661. The maximum atomic E-state index is 2.27. The Morgan fingerprint density at radius 1 is 0.583 bits per heavy atom. The third-order valence-corrected chi connectivity index (χ3v) is 2.68. The molecule has 1 nitrogen and oxygen atoms in total. The molecule has 0 atom stereocenters. The minimum Gasteiger partial charge on any atom is -0.325 e. The fraction of sp³-hybridized carbons (Fsp3) is 1.00. The smallest absolute Gasteiger partial charge is 0.0757 e. The van der Waals surface area contributed by atoms with Crippen molar-refractivity contribution >= 4 is 50.9 Å². The SMILES string of the molecule is Br.Br.Br.CC[N+](CC)(CC)CC. The third kappa shape index (κ3) is 6.87. The number of rotatable bonds is 4. The van der Waals surface area contributed by atoms with Crippen LogP contribution in [0.4, 0.5) is 0 Å². The minimum atomic E-state index is 0. The molecule has 0 heterocycles. The van der Waals surface area contributed by atoms with Gasteiger partial charge in [-0.25, -0.2) is 0 Å². The van der Waals surface area contributed by atoms with Gasteiger partial charge in [0.25, 0.3) is 0 Å². The van der Waals surface area contributed by atoms with Crippen molar-refractivity contribution in [2.45, 2.75) is 27.7 Å². The lowest BCUT2D eigenvalue weighted by Gasteiger charge is -2.34. The summed E-state index contributed by atoms with van der Waals surface area (Å²) >= 11 is 0. The molecule has 0 bridgehead atoms. The van der Waals surface area contributed by atoms with Gasteiger partial charge >= 0.3 is 0 Å². The standard InChI is InChI=1S/C8H20N.3BrH/c1-5-9(6-2,7-3)8-4;;;/h5-8H2,1-4H3;3*1H/q+1;;;. The average Bonchev–Trinajstić information content (AvgIpc) is 1.95. The van der Waals surface area contributed by atoms with E-state index in [9.17, 15) is 0 Å². The summed E-state index contributed by atoms with van der Waals surface area (Å²) in [4.78, 5) is 0. The summed E-state index contributed by atoms with van der Waals surface area (Å²) in [5, 5.41) is 0. The van der Waals surface area contributed by atoms with Crippen LogP contribution >= 0.6 is 50.9 Å². The molecular formula is C8H23Br3N+. The first-order valence-corrected chi connectivity index (χ1v) is 4.09. The summed E-state index contributed by atoms with van der Waals surface area (Å²) in [5.74, 6) is 0. The van der Waals surface area contributed by atoms with Crippen LogP contribution in [0.3, 0.4) is 0 Å². The highest BCUT2D eigenvalue weighted by molar-refractivity contribution is 8.93. The predicted molar refractivity (Wildman–Crippen MR) is 73.4 cm³/mol. The maximum Gasteiger partial charge on any atom is 0.0757 e. The average molecular weight is 373 g/mol. The Morgan fingerprint density at radius 3 is 0.750 bits per heavy atom. The molecule has 0 aliphatic heterocycles. The molecule has 0 radical (unpaired) electrons. The first-order valence-electron chi connectivity index (χ1n) is 4.09. The van der Waals surface area contributed by atoms with E-state index in [4.69, 9.17) is 0 Å². The van der Waals surface area contributed by atoms with Crippen LogP contribution in [0.2, 0.25) is 0 Å². The van der Waals surface area contributed by atoms with Gasteiger partial charge in [-0.05, 0) is 27.7 Å². The Labute approximate surface area is 109 Å². The summed E-state index contributed by atoms with van der Waals surface area (Å²) in [6.45, 7) is 14.2. The van der Waals surface area contributed by atoms with Crippen molar-refractivity contribution in [1.82, 2.24) is 0 Å². The minimum absolute atomic E-state index is 0. The van der Waals surface area contributed by atoms with Gasteiger partial charge in [-0.3, -0.25) is 0 Å². The van der Waals surface area contributed by atoms with Crippen LogP contribution < -0.4 is 0 Å². The maximum absolute atomic E-state index is 2.27. The van der Waals surface area contributed by atoms with Gasteiger partial charge in [-0.2, -0.15) is 0 Å². The first-order chi connectivity index (χ1) is 4.24. The molecule has 0 saturated heterocycles. The molecule has 0 amide bonds. The highest BCUT2D eigenvalue weighted by Gasteiger charge is 2.16. The van der Waals surface area contributed by atoms with Crippen LogP contribution in [0.1, 0.15) is 27.7 Å². The molecule has 0 aromatic heterocycles. The molecule has 0 spiro atoms. The Balaban J connectivity index is -0.000000107. The predicted octanol–water partition coefficient (Wildman–Crippen LogP) is 3.62. The van der Waals surface area contributed by atoms with Crippen molar-refractivity contribution < 1.29 is 4.48 Å². The summed E-state index contributed by atoms with van der Waals surface area (Å²) in [7, 11) is 0. The van der Waals surface area contributed by atoms with E-state index in [1.165, 1.54) is 30.7 Å². The molecule has 0 rings (SSSR count). The fourth-order valence-corrected chi connectivity index (χ4v) is 1.34. The van der Waals surface area contributed by atoms with E-state index in [1.54, 1.807) is 0 Å². The lowest BCUT2D eigenvalue weighted by Crippen LogP contribution is -2.47. The molecule has 0 saturated carbocycles. The fourth-order valence-electron chi connectivity index (χ4n) is 1.34. The highest BCUT2D eigenvalue weighted by atomic mass is 79.9. The van der Waals surface area contributed by atoms with Crippen LogP contribution in [0.5, 0.6) is 0 Å². The van der Waals surface area contributed by atoms with Crippen LogP contribution in [0, 0.1) is 0 Å². The number of nitrogens with zero attached hydrogens (tertiary/aromatic N) is 1. The molecule has 0 aromatic carbocycles. The van der Waals surface area contributed by atoms with E-state index in [2.05, 4.69) is 27.7 Å². The van der Waals surface area contributed by atoms with Gasteiger partial charge in [0.2, 0.25) is 0 Å². The van der Waals surface area contributed by atoms with E-state index < -0.39 is 0 Å². The van der Waals surface area contributed by atoms with Crippen LogP contribution in [-0.2, 0) is 0 Å². The van der Waals surface area contributed by atoms with Crippen molar-refractivity contribution in [3.63, 3.8) is 0 Å². The Bertz CT molecular complexity index is 57.2.